The largest absolute Gasteiger partial charge is 0.513 e. The Labute approximate surface area is 235 Å². The molecule has 14 heteroatoms. The van der Waals surface area contributed by atoms with Crippen molar-refractivity contribution in [2.45, 2.75) is 59.1 Å². The Morgan fingerprint density at radius 3 is 1.21 bits per heavy atom. The Hall–Kier alpha value is -3.40. The average molecular weight is 587 g/mol. The lowest BCUT2D eigenvalue weighted by molar-refractivity contribution is 0.0919. The maximum absolute atomic E-state index is 12.5. The van der Waals surface area contributed by atoms with Gasteiger partial charge in [-0.25, -0.2) is 9.59 Å². The molecule has 0 spiro atoms. The highest BCUT2D eigenvalue weighted by molar-refractivity contribution is 8.26. The number of nitriles is 4. The fraction of sp³-hybridized carbons (Fsp3) is 0.333. The topological polar surface area (TPSA) is 166 Å². The lowest BCUT2D eigenvalue weighted by Crippen LogP contribution is -2.14. The first-order valence-corrected chi connectivity index (χ1v) is 14.4. The molecule has 0 unspecified atom stereocenters. The summed E-state index contributed by atoms with van der Waals surface area (Å²) in [6.45, 7) is 4.16. The molecule has 0 aliphatic carbocycles. The summed E-state index contributed by atoms with van der Waals surface area (Å²) >= 11 is 4.02. The second-order valence-corrected chi connectivity index (χ2v) is 11.9. The molecule has 1 aromatic carbocycles. The van der Waals surface area contributed by atoms with Gasteiger partial charge in [0.2, 0.25) is 0 Å². The zero-order chi connectivity index (χ0) is 27.7. The number of unbranched alkanes of at least 4 members (excludes halogenated alkanes) is 2. The zero-order valence-electron chi connectivity index (χ0n) is 20.1. The Morgan fingerprint density at radius 2 is 0.947 bits per heavy atom. The summed E-state index contributed by atoms with van der Waals surface area (Å²) in [5, 5.41) is 37.6. The molecule has 2 heterocycles. The van der Waals surface area contributed by atoms with E-state index in [1.165, 1.54) is 0 Å². The summed E-state index contributed by atoms with van der Waals surface area (Å²) < 4.78 is 22.1. The van der Waals surface area contributed by atoms with Crippen molar-refractivity contribution in [3.05, 3.63) is 19.6 Å². The van der Waals surface area contributed by atoms with E-state index < -0.39 is 12.3 Å². The van der Waals surface area contributed by atoms with Crippen LogP contribution in [0.2, 0.25) is 0 Å². The molecule has 0 saturated carbocycles. The van der Waals surface area contributed by atoms with E-state index in [0.717, 1.165) is 59.9 Å². The number of ether oxygens (including phenoxy) is 4. The molecule has 0 N–H and O–H groups in total. The van der Waals surface area contributed by atoms with Gasteiger partial charge in [-0.1, -0.05) is 73.7 Å². The SMILES string of the molecule is CCCCOC(=O)Oc1c2c(c(OC(=O)OCCCC)c3c1SC(=C(C#N)C#N)S3)SC(=C(C#N)C#N)S2. The van der Waals surface area contributed by atoms with Crippen LogP contribution in [0.5, 0.6) is 11.5 Å². The fourth-order valence-electron chi connectivity index (χ4n) is 2.85. The summed E-state index contributed by atoms with van der Waals surface area (Å²) in [4.78, 5) is 26.4. The number of thioether (sulfide) groups is 4. The number of carbonyl (C=O) groups excluding carboxylic acids is 2. The van der Waals surface area contributed by atoms with Crippen LogP contribution < -0.4 is 9.47 Å². The molecular formula is C24H18N4O6S4. The fourth-order valence-corrected chi connectivity index (χ4v) is 8.01. The third-order valence-electron chi connectivity index (χ3n) is 4.68. The number of hydrogen-bond donors (Lipinski definition) is 0. The molecule has 10 nitrogen and oxygen atoms in total. The van der Waals surface area contributed by atoms with Crippen LogP contribution >= 0.6 is 47.0 Å². The van der Waals surface area contributed by atoms with Gasteiger partial charge in [0.15, 0.2) is 11.5 Å². The summed E-state index contributed by atoms with van der Waals surface area (Å²) in [6.07, 6.45) is 0.932. The van der Waals surface area contributed by atoms with Crippen LogP contribution in [-0.2, 0) is 9.47 Å². The Balaban J connectivity index is 2.17. The molecule has 0 saturated heterocycles. The molecule has 1 aromatic rings. The van der Waals surface area contributed by atoms with E-state index in [1.807, 2.05) is 38.1 Å². The third-order valence-corrected chi connectivity index (χ3v) is 9.87. The minimum Gasteiger partial charge on any atom is -0.434 e. The summed E-state index contributed by atoms with van der Waals surface area (Å²) in [5.41, 5.74) is -0.331. The van der Waals surface area contributed by atoms with Crippen molar-refractivity contribution in [1.82, 2.24) is 0 Å². The summed E-state index contributed by atoms with van der Waals surface area (Å²) in [7, 11) is 0. The summed E-state index contributed by atoms with van der Waals surface area (Å²) in [6, 6.07) is 7.34. The van der Waals surface area contributed by atoms with Gasteiger partial charge < -0.3 is 18.9 Å². The number of benzene rings is 1. The molecule has 0 atom stereocenters. The molecular weight excluding hydrogens is 569 g/mol. The van der Waals surface area contributed by atoms with Gasteiger partial charge in [0.1, 0.15) is 35.4 Å². The predicted molar refractivity (Wildman–Crippen MR) is 140 cm³/mol. The second kappa shape index (κ2) is 13.9. The average Bonchev–Trinajstić information content (AvgIpc) is 3.54. The number of hydrogen-bond acceptors (Lipinski definition) is 14. The van der Waals surface area contributed by atoms with Crippen LogP contribution in [0.1, 0.15) is 39.5 Å². The van der Waals surface area contributed by atoms with Crippen molar-refractivity contribution < 1.29 is 28.5 Å². The normalized spacial score (nSPS) is 12.7. The van der Waals surface area contributed by atoms with Gasteiger partial charge in [-0.3, -0.25) is 0 Å². The first-order valence-electron chi connectivity index (χ1n) is 11.2. The highest BCUT2D eigenvalue weighted by Gasteiger charge is 2.40. The standard InChI is InChI=1S/C24H18N4O6S4/c1-3-5-7-31-23(29)33-15-17-19(37-21(35-17)13(9-25)10-26)16(34-24(30)32-8-6-4-2)20-18(15)36-22(38-20)14(11-27)12-28/h3-8H2,1-2H3. The lowest BCUT2D eigenvalue weighted by atomic mass is 10.3. The third kappa shape index (κ3) is 6.53. The molecule has 0 amide bonds. The quantitative estimate of drug-likeness (QED) is 0.129. The van der Waals surface area contributed by atoms with E-state index in [9.17, 15) is 30.6 Å². The molecule has 0 aromatic heterocycles. The van der Waals surface area contributed by atoms with E-state index in [4.69, 9.17) is 18.9 Å². The number of rotatable bonds is 8. The number of carbonyl (C=O) groups is 2. The highest BCUT2D eigenvalue weighted by Crippen LogP contribution is 2.68. The molecule has 38 heavy (non-hydrogen) atoms. The first-order chi connectivity index (χ1) is 18.4. The predicted octanol–water partition coefficient (Wildman–Crippen LogP) is 7.23. The summed E-state index contributed by atoms with van der Waals surface area (Å²) in [5.74, 6) is 0.0994. The van der Waals surface area contributed by atoms with Gasteiger partial charge in [-0.15, -0.1) is 0 Å². The minimum absolute atomic E-state index is 0.0497. The molecule has 2 aliphatic heterocycles. The molecule has 0 radical (unpaired) electrons. The Kier molecular flexibility index (Phi) is 10.7. The Morgan fingerprint density at radius 1 is 0.632 bits per heavy atom. The number of nitrogens with zero attached hydrogens (tertiary/aromatic N) is 4. The molecule has 194 valence electrons. The number of fused-ring (bicyclic) bond motifs is 2. The molecule has 2 aliphatic rings. The van der Waals surface area contributed by atoms with Gasteiger partial charge >= 0.3 is 12.3 Å². The lowest BCUT2D eigenvalue weighted by Gasteiger charge is -2.16. The number of allylic oxidation sites excluding steroid dienone is 2. The van der Waals surface area contributed by atoms with Gasteiger partial charge in [-0.2, -0.15) is 21.0 Å². The minimum atomic E-state index is -0.969. The van der Waals surface area contributed by atoms with Crippen LogP contribution in [0, 0.1) is 45.3 Å². The van der Waals surface area contributed by atoms with E-state index in [2.05, 4.69) is 0 Å². The van der Waals surface area contributed by atoms with Crippen molar-refractivity contribution >= 4 is 59.4 Å². The first kappa shape index (κ1) is 29.2. The van der Waals surface area contributed by atoms with E-state index >= 15 is 0 Å². The molecule has 0 bridgehead atoms. The monoisotopic (exact) mass is 586 g/mol. The Bertz CT molecular complexity index is 1220. The van der Waals surface area contributed by atoms with Gasteiger partial charge in [0, 0.05) is 0 Å². The van der Waals surface area contributed by atoms with Crippen molar-refractivity contribution in [3.8, 4) is 35.8 Å². The molecule has 0 fully saturated rings. The highest BCUT2D eigenvalue weighted by atomic mass is 32.2. The van der Waals surface area contributed by atoms with Crippen LogP contribution in [-0.4, -0.2) is 25.5 Å². The molecule has 3 rings (SSSR count). The van der Waals surface area contributed by atoms with E-state index in [-0.39, 0.29) is 35.9 Å². The van der Waals surface area contributed by atoms with Crippen LogP contribution in [0.15, 0.2) is 39.2 Å². The van der Waals surface area contributed by atoms with E-state index in [0.29, 0.717) is 40.9 Å². The van der Waals surface area contributed by atoms with Crippen LogP contribution in [0.3, 0.4) is 0 Å². The van der Waals surface area contributed by atoms with Crippen molar-refractivity contribution in [1.29, 1.82) is 21.0 Å². The van der Waals surface area contributed by atoms with Crippen molar-refractivity contribution in [2.75, 3.05) is 13.2 Å². The second-order valence-electron chi connectivity index (χ2n) is 7.26. The smallest absolute Gasteiger partial charge is 0.434 e. The maximum Gasteiger partial charge on any atom is 0.513 e. The van der Waals surface area contributed by atoms with Crippen LogP contribution in [0.4, 0.5) is 9.59 Å². The van der Waals surface area contributed by atoms with Gasteiger partial charge in [-0.05, 0) is 12.8 Å². The zero-order valence-corrected chi connectivity index (χ0v) is 23.4. The van der Waals surface area contributed by atoms with Crippen molar-refractivity contribution in [3.63, 3.8) is 0 Å². The van der Waals surface area contributed by atoms with Gasteiger partial charge in [0.25, 0.3) is 0 Å². The van der Waals surface area contributed by atoms with Gasteiger partial charge in [0.05, 0.1) is 41.3 Å². The maximum atomic E-state index is 12.5. The van der Waals surface area contributed by atoms with Crippen molar-refractivity contribution in [2.24, 2.45) is 0 Å². The van der Waals surface area contributed by atoms with Crippen LogP contribution in [0.25, 0.3) is 0 Å². The van der Waals surface area contributed by atoms with E-state index in [1.54, 1.807) is 0 Å².